The van der Waals surface area contributed by atoms with Crippen molar-refractivity contribution in [3.8, 4) is 0 Å². The fourth-order valence-electron chi connectivity index (χ4n) is 2.54. The van der Waals surface area contributed by atoms with Crippen LogP contribution in [0.2, 0.25) is 0 Å². The van der Waals surface area contributed by atoms with Crippen molar-refractivity contribution >= 4 is 26.9 Å². The van der Waals surface area contributed by atoms with E-state index in [4.69, 9.17) is 0 Å². The lowest BCUT2D eigenvalue weighted by Gasteiger charge is -2.05. The third-order valence-corrected chi connectivity index (χ3v) is 5.14. The first-order chi connectivity index (χ1) is 11.4. The van der Waals surface area contributed by atoms with Crippen LogP contribution in [0.3, 0.4) is 0 Å². The van der Waals surface area contributed by atoms with E-state index in [2.05, 4.69) is 31.9 Å². The van der Waals surface area contributed by atoms with Gasteiger partial charge in [-0.15, -0.1) is 0 Å². The number of unbranched alkanes of at least 4 members (excludes halogenated alkanes) is 1. The third-order valence-electron chi connectivity index (χ3n) is 3.82. The third kappa shape index (κ3) is 3.12. The van der Waals surface area contributed by atoms with Crippen LogP contribution in [-0.2, 0) is 23.5 Å². The number of aryl methyl sites for hydroxylation is 3. The number of hydrogen-bond acceptors (Lipinski definition) is 5. The fourth-order valence-corrected chi connectivity index (χ4v) is 3.50. The Morgan fingerprint density at radius 3 is 2.88 bits per heavy atom. The van der Waals surface area contributed by atoms with Crippen molar-refractivity contribution in [3.63, 3.8) is 0 Å². The maximum atomic E-state index is 12.6. The van der Waals surface area contributed by atoms with Gasteiger partial charge in [0.25, 0.3) is 10.0 Å². The number of hydrogen-bond donors (Lipinski definition) is 2. The quantitative estimate of drug-likeness (QED) is 0.710. The molecule has 3 aromatic rings. The van der Waals surface area contributed by atoms with E-state index in [9.17, 15) is 8.42 Å². The number of rotatable bonds is 6. The van der Waals surface area contributed by atoms with Crippen LogP contribution in [0.4, 0.5) is 5.82 Å². The summed E-state index contributed by atoms with van der Waals surface area (Å²) < 4.78 is 29.2. The first kappa shape index (κ1) is 16.4. The van der Waals surface area contributed by atoms with Gasteiger partial charge in [-0.25, -0.2) is 13.4 Å². The van der Waals surface area contributed by atoms with Gasteiger partial charge in [0, 0.05) is 30.4 Å². The lowest BCUT2D eigenvalue weighted by atomic mass is 10.2. The largest absolute Gasteiger partial charge is 0.280 e. The Labute approximate surface area is 140 Å². The fraction of sp³-hybridized carbons (Fsp3) is 0.400. The lowest BCUT2D eigenvalue weighted by molar-refractivity contribution is 0.600. The van der Waals surface area contributed by atoms with Crippen LogP contribution in [0.1, 0.15) is 31.2 Å². The van der Waals surface area contributed by atoms with E-state index in [0.29, 0.717) is 11.0 Å². The summed E-state index contributed by atoms with van der Waals surface area (Å²) in [7, 11) is -1.98. The van der Waals surface area contributed by atoms with E-state index in [-0.39, 0.29) is 10.7 Å². The van der Waals surface area contributed by atoms with E-state index in [1.807, 2.05) is 6.92 Å². The topological polar surface area (TPSA) is 106 Å². The van der Waals surface area contributed by atoms with Gasteiger partial charge >= 0.3 is 0 Å². The number of aromatic nitrogens is 5. The zero-order valence-electron chi connectivity index (χ0n) is 13.9. The molecular formula is C15H20N6O2S. The number of fused-ring (bicyclic) bond motifs is 1. The number of nitrogens with one attached hydrogen (secondary N) is 2. The predicted molar refractivity (Wildman–Crippen MR) is 91.3 cm³/mol. The maximum Gasteiger partial charge on any atom is 0.264 e. The van der Waals surface area contributed by atoms with Crippen LogP contribution in [0, 0.1) is 6.92 Å². The highest BCUT2D eigenvalue weighted by Gasteiger charge is 2.18. The zero-order chi connectivity index (χ0) is 17.3. The molecule has 3 rings (SSSR count). The van der Waals surface area contributed by atoms with Gasteiger partial charge in [-0.2, -0.15) is 10.2 Å². The van der Waals surface area contributed by atoms with Crippen molar-refractivity contribution in [1.29, 1.82) is 0 Å². The molecule has 0 saturated carbocycles. The van der Waals surface area contributed by atoms with Crippen molar-refractivity contribution in [3.05, 3.63) is 29.7 Å². The minimum absolute atomic E-state index is 0.0872. The van der Waals surface area contributed by atoms with E-state index < -0.39 is 10.0 Å². The minimum atomic E-state index is -3.75. The predicted octanol–water partition coefficient (Wildman–Crippen LogP) is 2.14. The van der Waals surface area contributed by atoms with Crippen molar-refractivity contribution < 1.29 is 8.42 Å². The van der Waals surface area contributed by atoms with E-state index in [1.165, 1.54) is 6.20 Å². The Bertz CT molecular complexity index is 973. The number of anilines is 1. The summed E-state index contributed by atoms with van der Waals surface area (Å²) in [5, 5.41) is 11.8. The lowest BCUT2D eigenvalue weighted by Crippen LogP contribution is -2.13. The Kier molecular flexibility index (Phi) is 4.27. The second kappa shape index (κ2) is 6.23. The van der Waals surface area contributed by atoms with Gasteiger partial charge in [0.2, 0.25) is 0 Å². The summed E-state index contributed by atoms with van der Waals surface area (Å²) >= 11 is 0. The molecule has 8 nitrogen and oxygen atoms in total. The van der Waals surface area contributed by atoms with E-state index in [1.54, 1.807) is 23.9 Å². The Morgan fingerprint density at radius 1 is 1.33 bits per heavy atom. The number of nitrogens with zero attached hydrogens (tertiary/aromatic N) is 4. The van der Waals surface area contributed by atoms with Crippen molar-refractivity contribution in [2.24, 2.45) is 7.05 Å². The molecule has 0 aliphatic rings. The van der Waals surface area contributed by atoms with Crippen molar-refractivity contribution in [2.75, 3.05) is 4.72 Å². The Morgan fingerprint density at radius 2 is 2.12 bits per heavy atom. The van der Waals surface area contributed by atoms with Gasteiger partial charge < -0.3 is 0 Å². The second-order valence-corrected chi connectivity index (χ2v) is 7.42. The molecule has 24 heavy (non-hydrogen) atoms. The van der Waals surface area contributed by atoms with Crippen LogP contribution in [0.25, 0.3) is 11.0 Å². The Hall–Kier alpha value is -2.42. The first-order valence-corrected chi connectivity index (χ1v) is 9.25. The van der Waals surface area contributed by atoms with E-state index >= 15 is 0 Å². The summed E-state index contributed by atoms with van der Waals surface area (Å²) in [5.41, 5.74) is 2.29. The molecule has 0 aliphatic heterocycles. The van der Waals surface area contributed by atoms with Gasteiger partial charge in [-0.1, -0.05) is 13.3 Å². The summed E-state index contributed by atoms with van der Waals surface area (Å²) in [5.74, 6) is 0.282. The monoisotopic (exact) mass is 348 g/mol. The number of aromatic amines is 1. The van der Waals surface area contributed by atoms with Gasteiger partial charge in [0.1, 0.15) is 4.90 Å². The Balaban J connectivity index is 1.87. The molecule has 0 unspecified atom stereocenters. The van der Waals surface area contributed by atoms with Crippen LogP contribution < -0.4 is 4.72 Å². The van der Waals surface area contributed by atoms with Gasteiger partial charge in [0.15, 0.2) is 11.5 Å². The van der Waals surface area contributed by atoms with Gasteiger partial charge in [-0.3, -0.25) is 14.5 Å². The number of H-pyrrole nitrogens is 1. The number of sulfonamides is 1. The van der Waals surface area contributed by atoms with Gasteiger partial charge in [0.05, 0.1) is 5.69 Å². The normalized spacial score (nSPS) is 12.0. The molecule has 0 atom stereocenters. The van der Waals surface area contributed by atoms with Crippen LogP contribution >= 0.6 is 0 Å². The van der Waals surface area contributed by atoms with Crippen LogP contribution in [-0.4, -0.2) is 33.4 Å². The standard InChI is InChI=1S/C15H20N6O2S/c1-4-5-6-11-7-14(18-17-11)20-24(22,23)12-8-13-10(2)19-21(3)15(13)16-9-12/h7-9H,4-6H2,1-3H3,(H2,17,18,20). The molecule has 0 saturated heterocycles. The number of pyridine rings is 1. The molecule has 3 heterocycles. The summed E-state index contributed by atoms with van der Waals surface area (Å²) in [4.78, 5) is 4.30. The molecule has 0 radical (unpaired) electrons. The summed E-state index contributed by atoms with van der Waals surface area (Å²) in [6.07, 6.45) is 4.26. The summed E-state index contributed by atoms with van der Waals surface area (Å²) in [6.45, 7) is 3.92. The molecule has 0 bridgehead atoms. The first-order valence-electron chi connectivity index (χ1n) is 7.77. The van der Waals surface area contributed by atoms with Gasteiger partial charge in [-0.05, 0) is 25.8 Å². The SMILES string of the molecule is CCCCc1cc(NS(=O)(=O)c2cnc3c(c2)c(C)nn3C)n[nH]1. The second-order valence-electron chi connectivity index (χ2n) is 5.74. The molecule has 0 fully saturated rings. The molecule has 0 spiro atoms. The average molecular weight is 348 g/mol. The molecule has 0 aliphatic carbocycles. The highest BCUT2D eigenvalue weighted by atomic mass is 32.2. The highest BCUT2D eigenvalue weighted by molar-refractivity contribution is 7.92. The smallest absolute Gasteiger partial charge is 0.264 e. The molecule has 128 valence electrons. The molecule has 3 aromatic heterocycles. The zero-order valence-corrected chi connectivity index (χ0v) is 14.7. The maximum absolute atomic E-state index is 12.6. The summed E-state index contributed by atoms with van der Waals surface area (Å²) in [6, 6.07) is 3.30. The molecular weight excluding hydrogens is 328 g/mol. The molecule has 0 amide bonds. The van der Waals surface area contributed by atoms with Crippen LogP contribution in [0.5, 0.6) is 0 Å². The highest BCUT2D eigenvalue weighted by Crippen LogP contribution is 2.21. The van der Waals surface area contributed by atoms with Crippen molar-refractivity contribution in [1.82, 2.24) is 25.0 Å². The molecule has 2 N–H and O–H groups in total. The van der Waals surface area contributed by atoms with Crippen molar-refractivity contribution in [2.45, 2.75) is 38.0 Å². The minimum Gasteiger partial charge on any atom is -0.280 e. The molecule has 9 heteroatoms. The van der Waals surface area contributed by atoms with Crippen LogP contribution in [0.15, 0.2) is 23.2 Å². The van der Waals surface area contributed by atoms with E-state index in [0.717, 1.165) is 30.7 Å². The average Bonchev–Trinajstić information content (AvgIpc) is 3.09. The molecule has 0 aromatic carbocycles.